The molecule has 3 aromatic rings. The topological polar surface area (TPSA) is 85.0 Å². The zero-order valence-corrected chi connectivity index (χ0v) is 24.1. The van der Waals surface area contributed by atoms with E-state index in [2.05, 4.69) is 33.5 Å². The SMILES string of the molecule is CSC(=O)c1ccc2c(c1)NC(=O)/C2=C(\Nc1ccc2c(c1)CCN2C(=O)CN1CCN(C)CC1)c1ccccc1. The van der Waals surface area contributed by atoms with E-state index in [-0.39, 0.29) is 16.9 Å². The van der Waals surface area contributed by atoms with Crippen molar-refractivity contribution in [1.82, 2.24) is 9.80 Å². The molecule has 0 aromatic heterocycles. The van der Waals surface area contributed by atoms with Gasteiger partial charge in [-0.2, -0.15) is 0 Å². The van der Waals surface area contributed by atoms with Crippen molar-refractivity contribution in [3.63, 3.8) is 0 Å². The Morgan fingerprint density at radius 3 is 2.46 bits per heavy atom. The number of likely N-dealkylation sites (N-methyl/N-ethyl adjacent to an activating group) is 1. The monoisotopic (exact) mass is 567 g/mol. The second-order valence-electron chi connectivity index (χ2n) is 10.7. The summed E-state index contributed by atoms with van der Waals surface area (Å²) < 4.78 is 0. The normalized spacial score (nSPS) is 18.1. The number of nitrogens with zero attached hydrogens (tertiary/aromatic N) is 3. The lowest BCUT2D eigenvalue weighted by Crippen LogP contribution is -2.48. The van der Waals surface area contributed by atoms with Gasteiger partial charge in [-0.1, -0.05) is 48.2 Å². The largest absolute Gasteiger partial charge is 0.354 e. The highest BCUT2D eigenvalue weighted by Crippen LogP contribution is 2.39. The molecule has 2 amide bonds. The highest BCUT2D eigenvalue weighted by molar-refractivity contribution is 8.13. The highest BCUT2D eigenvalue weighted by Gasteiger charge is 2.30. The molecule has 3 heterocycles. The van der Waals surface area contributed by atoms with Crippen LogP contribution in [-0.2, 0) is 16.0 Å². The van der Waals surface area contributed by atoms with Gasteiger partial charge in [0.05, 0.1) is 17.8 Å². The van der Waals surface area contributed by atoms with Crippen molar-refractivity contribution in [1.29, 1.82) is 0 Å². The number of benzene rings is 3. The molecule has 210 valence electrons. The molecular weight excluding hydrogens is 534 g/mol. The Kier molecular flexibility index (Phi) is 7.66. The average Bonchev–Trinajstić information content (AvgIpc) is 3.56. The first-order valence-electron chi connectivity index (χ1n) is 13.9. The van der Waals surface area contributed by atoms with Crippen LogP contribution in [0.1, 0.15) is 27.0 Å². The molecule has 3 aliphatic rings. The molecule has 0 aliphatic carbocycles. The number of carbonyl (C=O) groups is 3. The number of carbonyl (C=O) groups excluding carboxylic acids is 3. The minimum Gasteiger partial charge on any atom is -0.354 e. The molecule has 6 rings (SSSR count). The molecule has 9 heteroatoms. The molecule has 3 aromatic carbocycles. The van der Waals surface area contributed by atoms with Gasteiger partial charge in [0, 0.05) is 60.9 Å². The van der Waals surface area contributed by atoms with E-state index in [4.69, 9.17) is 0 Å². The Hall–Kier alpha value is -3.92. The zero-order valence-electron chi connectivity index (χ0n) is 23.3. The minimum atomic E-state index is -0.220. The quantitative estimate of drug-likeness (QED) is 0.431. The van der Waals surface area contributed by atoms with Gasteiger partial charge in [0.1, 0.15) is 0 Å². The lowest BCUT2D eigenvalue weighted by molar-refractivity contribution is -0.120. The van der Waals surface area contributed by atoms with Crippen LogP contribution in [-0.4, -0.2) is 79.3 Å². The third-order valence-electron chi connectivity index (χ3n) is 8.00. The number of fused-ring (bicyclic) bond motifs is 2. The first-order chi connectivity index (χ1) is 19.9. The smallest absolute Gasteiger partial charge is 0.258 e. The van der Waals surface area contributed by atoms with Crippen molar-refractivity contribution in [3.8, 4) is 0 Å². The van der Waals surface area contributed by atoms with Gasteiger partial charge in [-0.15, -0.1) is 0 Å². The third kappa shape index (κ3) is 5.53. The van der Waals surface area contributed by atoms with Crippen molar-refractivity contribution in [2.24, 2.45) is 0 Å². The summed E-state index contributed by atoms with van der Waals surface area (Å²) >= 11 is 1.15. The number of rotatable bonds is 6. The van der Waals surface area contributed by atoms with Crippen LogP contribution in [0.25, 0.3) is 11.3 Å². The van der Waals surface area contributed by atoms with Gasteiger partial charge < -0.3 is 20.4 Å². The van der Waals surface area contributed by atoms with Gasteiger partial charge in [0.15, 0.2) is 0 Å². The molecule has 0 radical (unpaired) electrons. The lowest BCUT2D eigenvalue weighted by atomic mass is 9.99. The van der Waals surface area contributed by atoms with E-state index in [1.165, 1.54) is 0 Å². The van der Waals surface area contributed by atoms with Crippen LogP contribution < -0.4 is 15.5 Å². The van der Waals surface area contributed by atoms with E-state index in [1.807, 2.05) is 53.4 Å². The van der Waals surface area contributed by atoms with Gasteiger partial charge >= 0.3 is 0 Å². The maximum Gasteiger partial charge on any atom is 0.258 e. The third-order valence-corrected chi connectivity index (χ3v) is 8.60. The second kappa shape index (κ2) is 11.5. The molecule has 1 fully saturated rings. The van der Waals surface area contributed by atoms with Crippen LogP contribution in [0, 0.1) is 0 Å². The van der Waals surface area contributed by atoms with Gasteiger partial charge in [-0.25, -0.2) is 0 Å². The highest BCUT2D eigenvalue weighted by atomic mass is 32.2. The Balaban J connectivity index is 1.29. The molecule has 0 unspecified atom stereocenters. The molecule has 0 bridgehead atoms. The van der Waals surface area contributed by atoms with E-state index in [1.54, 1.807) is 18.4 Å². The number of nitrogens with one attached hydrogen (secondary N) is 2. The van der Waals surface area contributed by atoms with Crippen LogP contribution in [0.15, 0.2) is 66.7 Å². The number of hydrogen-bond donors (Lipinski definition) is 2. The van der Waals surface area contributed by atoms with Crippen LogP contribution in [0.2, 0.25) is 0 Å². The molecule has 0 spiro atoms. The first kappa shape index (κ1) is 27.3. The zero-order chi connectivity index (χ0) is 28.5. The number of thioether (sulfide) groups is 1. The predicted molar refractivity (Wildman–Crippen MR) is 166 cm³/mol. The number of anilines is 3. The summed E-state index contributed by atoms with van der Waals surface area (Å²) in [7, 11) is 2.11. The average molecular weight is 568 g/mol. The van der Waals surface area contributed by atoms with Crippen molar-refractivity contribution in [2.75, 3.05) is 68.1 Å². The van der Waals surface area contributed by atoms with E-state index in [9.17, 15) is 14.4 Å². The summed E-state index contributed by atoms with van der Waals surface area (Å²) in [6.45, 7) is 4.90. The van der Waals surface area contributed by atoms with Gasteiger partial charge in [-0.3, -0.25) is 19.3 Å². The van der Waals surface area contributed by atoms with Crippen molar-refractivity contribution in [2.45, 2.75) is 6.42 Å². The minimum absolute atomic E-state index is 0.0462. The fourth-order valence-electron chi connectivity index (χ4n) is 5.72. The molecule has 0 saturated carbocycles. The summed E-state index contributed by atoms with van der Waals surface area (Å²) in [5.74, 6) is -0.0818. The van der Waals surface area contributed by atoms with Crippen LogP contribution in [0.3, 0.4) is 0 Å². The molecule has 3 aliphatic heterocycles. The molecule has 8 nitrogen and oxygen atoms in total. The molecule has 0 atom stereocenters. The lowest BCUT2D eigenvalue weighted by Gasteiger charge is -2.32. The van der Waals surface area contributed by atoms with Crippen LogP contribution in [0.4, 0.5) is 17.1 Å². The van der Waals surface area contributed by atoms with Crippen molar-refractivity contribution in [3.05, 3.63) is 89.0 Å². The summed E-state index contributed by atoms with van der Waals surface area (Å²) in [6.07, 6.45) is 2.53. The molecule has 1 saturated heterocycles. The fraction of sp³-hybridized carbons (Fsp3) is 0.281. The summed E-state index contributed by atoms with van der Waals surface area (Å²) in [4.78, 5) is 45.2. The number of piperazine rings is 1. The molecule has 2 N–H and O–H groups in total. The standard InChI is InChI=1S/C32H33N5O3S/c1-35-14-16-36(17-15-35)20-28(38)37-13-12-22-18-24(9-11-27(22)37)33-30(21-6-4-3-5-7-21)29-25-10-8-23(32(40)41-2)19-26(25)34-31(29)39/h3-11,18-19,33H,12-17,20H2,1-2H3,(H,34,39)/b30-29-. The maximum absolute atomic E-state index is 13.3. The molecule has 41 heavy (non-hydrogen) atoms. The summed E-state index contributed by atoms with van der Waals surface area (Å²) in [5.41, 5.74) is 6.93. The first-order valence-corrected chi connectivity index (χ1v) is 15.1. The van der Waals surface area contributed by atoms with Crippen LogP contribution >= 0.6 is 11.8 Å². The number of amides is 2. The number of hydrogen-bond acceptors (Lipinski definition) is 7. The molecular formula is C32H33N5O3S. The van der Waals surface area contributed by atoms with E-state index < -0.39 is 0 Å². The Labute approximate surface area is 244 Å². The van der Waals surface area contributed by atoms with E-state index >= 15 is 0 Å². The summed E-state index contributed by atoms with van der Waals surface area (Å²) in [6, 6.07) is 21.2. The van der Waals surface area contributed by atoms with Gasteiger partial charge in [0.25, 0.3) is 5.91 Å². The van der Waals surface area contributed by atoms with Crippen molar-refractivity contribution >= 4 is 57.0 Å². The Morgan fingerprint density at radius 2 is 1.71 bits per heavy atom. The van der Waals surface area contributed by atoms with E-state index in [0.29, 0.717) is 35.6 Å². The van der Waals surface area contributed by atoms with Gasteiger partial charge in [0.2, 0.25) is 11.0 Å². The van der Waals surface area contributed by atoms with Crippen LogP contribution in [0.5, 0.6) is 0 Å². The fourth-order valence-corrected chi connectivity index (χ4v) is 6.08. The van der Waals surface area contributed by atoms with Gasteiger partial charge in [-0.05, 0) is 61.2 Å². The summed E-state index contributed by atoms with van der Waals surface area (Å²) in [5, 5.41) is 6.44. The Bertz CT molecular complexity index is 1550. The maximum atomic E-state index is 13.3. The van der Waals surface area contributed by atoms with Crippen molar-refractivity contribution < 1.29 is 14.4 Å². The predicted octanol–water partition coefficient (Wildman–Crippen LogP) is 4.26. The second-order valence-corrected chi connectivity index (χ2v) is 11.4. The Morgan fingerprint density at radius 1 is 0.927 bits per heavy atom. The van der Waals surface area contributed by atoms with E-state index in [0.717, 1.165) is 72.4 Å².